The van der Waals surface area contributed by atoms with Gasteiger partial charge in [0.05, 0.1) is 0 Å². The van der Waals surface area contributed by atoms with Gasteiger partial charge in [-0.2, -0.15) is 0 Å². The van der Waals surface area contributed by atoms with Gasteiger partial charge in [0.2, 0.25) is 5.91 Å². The number of carbonyl (C=O) groups is 2. The number of piperidine rings is 1. The Bertz CT molecular complexity index is 552. The first-order valence-corrected chi connectivity index (χ1v) is 9.72. The van der Waals surface area contributed by atoms with E-state index >= 15 is 0 Å². The van der Waals surface area contributed by atoms with E-state index in [9.17, 15) is 9.59 Å². The van der Waals surface area contributed by atoms with Crippen molar-refractivity contribution in [1.82, 2.24) is 15.1 Å². The molecule has 1 aromatic rings. The zero-order valence-electron chi connectivity index (χ0n) is 16.0. The molecule has 0 atom stereocenters. The van der Waals surface area contributed by atoms with Gasteiger partial charge in [-0.15, -0.1) is 0 Å². The molecule has 2 rings (SSSR count). The van der Waals surface area contributed by atoms with Crippen molar-refractivity contribution in [3.8, 4) is 0 Å². The highest BCUT2D eigenvalue weighted by atomic mass is 16.2. The number of nitrogens with one attached hydrogen (secondary N) is 2. The van der Waals surface area contributed by atoms with Crippen LogP contribution in [0.1, 0.15) is 33.1 Å². The number of nitrogens with zero attached hydrogens (tertiary/aromatic N) is 2. The van der Waals surface area contributed by atoms with E-state index in [2.05, 4.69) is 29.4 Å². The SMILES string of the molecule is CCN(CC)CCNC(=O)CC1CCN(C(=O)Nc2ccccc2)CC1. The van der Waals surface area contributed by atoms with Crippen LogP contribution in [0.4, 0.5) is 10.5 Å². The molecule has 2 N–H and O–H groups in total. The molecule has 0 radical (unpaired) electrons. The molecule has 1 saturated heterocycles. The van der Waals surface area contributed by atoms with Gasteiger partial charge in [-0.25, -0.2) is 4.79 Å². The van der Waals surface area contributed by atoms with Crippen molar-refractivity contribution in [3.05, 3.63) is 30.3 Å². The molecular weight excluding hydrogens is 328 g/mol. The predicted molar refractivity (Wildman–Crippen MR) is 105 cm³/mol. The zero-order chi connectivity index (χ0) is 18.8. The van der Waals surface area contributed by atoms with Gasteiger partial charge in [-0.1, -0.05) is 32.0 Å². The second-order valence-electron chi connectivity index (χ2n) is 6.81. The van der Waals surface area contributed by atoms with E-state index in [-0.39, 0.29) is 11.9 Å². The number of para-hydroxylation sites is 1. The fraction of sp³-hybridized carbons (Fsp3) is 0.600. The molecule has 1 fully saturated rings. The summed E-state index contributed by atoms with van der Waals surface area (Å²) in [6.07, 6.45) is 2.32. The first-order chi connectivity index (χ1) is 12.6. The highest BCUT2D eigenvalue weighted by molar-refractivity contribution is 5.89. The Kier molecular flexibility index (Phi) is 8.41. The van der Waals surface area contributed by atoms with Crippen molar-refractivity contribution in [2.45, 2.75) is 33.1 Å². The molecule has 1 aliphatic rings. The number of benzene rings is 1. The first-order valence-electron chi connectivity index (χ1n) is 9.72. The molecule has 1 aliphatic heterocycles. The Balaban J connectivity index is 1.64. The van der Waals surface area contributed by atoms with Crippen molar-refractivity contribution in [1.29, 1.82) is 0 Å². The van der Waals surface area contributed by atoms with Gasteiger partial charge in [0.1, 0.15) is 0 Å². The minimum atomic E-state index is -0.0571. The van der Waals surface area contributed by atoms with Gasteiger partial charge in [0, 0.05) is 38.3 Å². The number of hydrogen-bond donors (Lipinski definition) is 2. The fourth-order valence-electron chi connectivity index (χ4n) is 3.29. The maximum atomic E-state index is 12.3. The molecule has 0 aliphatic carbocycles. The first kappa shape index (κ1) is 20.2. The summed E-state index contributed by atoms with van der Waals surface area (Å²) in [7, 11) is 0. The maximum absolute atomic E-state index is 12.3. The minimum absolute atomic E-state index is 0.0571. The number of likely N-dealkylation sites (N-methyl/N-ethyl adjacent to an activating group) is 1. The fourth-order valence-corrected chi connectivity index (χ4v) is 3.29. The summed E-state index contributed by atoms with van der Waals surface area (Å²) in [4.78, 5) is 28.5. The van der Waals surface area contributed by atoms with Gasteiger partial charge in [-0.05, 0) is 44.0 Å². The molecule has 26 heavy (non-hydrogen) atoms. The summed E-state index contributed by atoms with van der Waals surface area (Å²) >= 11 is 0. The highest BCUT2D eigenvalue weighted by Crippen LogP contribution is 2.21. The zero-order valence-corrected chi connectivity index (χ0v) is 16.0. The molecule has 0 unspecified atom stereocenters. The van der Waals surface area contributed by atoms with Crippen LogP contribution >= 0.6 is 0 Å². The van der Waals surface area contributed by atoms with E-state index in [1.165, 1.54) is 0 Å². The molecule has 1 heterocycles. The Morgan fingerprint density at radius 2 is 1.77 bits per heavy atom. The van der Waals surface area contributed by atoms with Crippen molar-refractivity contribution >= 4 is 17.6 Å². The lowest BCUT2D eigenvalue weighted by Crippen LogP contribution is -2.42. The van der Waals surface area contributed by atoms with Crippen molar-refractivity contribution in [3.63, 3.8) is 0 Å². The van der Waals surface area contributed by atoms with Crippen LogP contribution in [0, 0.1) is 5.92 Å². The van der Waals surface area contributed by atoms with E-state index in [1.807, 2.05) is 35.2 Å². The number of hydrogen-bond acceptors (Lipinski definition) is 3. The van der Waals surface area contributed by atoms with Gasteiger partial charge >= 0.3 is 6.03 Å². The Labute approximate surface area is 156 Å². The molecule has 0 saturated carbocycles. The van der Waals surface area contributed by atoms with Gasteiger partial charge in [-0.3, -0.25) is 4.79 Å². The van der Waals surface area contributed by atoms with Crippen LogP contribution in [0.15, 0.2) is 30.3 Å². The molecule has 0 spiro atoms. The van der Waals surface area contributed by atoms with Crippen molar-refractivity contribution in [2.24, 2.45) is 5.92 Å². The standard InChI is InChI=1S/C20H32N4O2/c1-3-23(4-2)15-12-21-19(25)16-17-10-13-24(14-11-17)20(26)22-18-8-6-5-7-9-18/h5-9,17H,3-4,10-16H2,1-2H3,(H,21,25)(H,22,26). The average Bonchev–Trinajstić information content (AvgIpc) is 2.66. The third kappa shape index (κ3) is 6.67. The molecule has 144 valence electrons. The van der Waals surface area contributed by atoms with Crippen LogP contribution in [0.5, 0.6) is 0 Å². The monoisotopic (exact) mass is 360 g/mol. The van der Waals surface area contributed by atoms with E-state index in [0.29, 0.717) is 32.0 Å². The second-order valence-corrected chi connectivity index (χ2v) is 6.81. The molecule has 3 amide bonds. The smallest absolute Gasteiger partial charge is 0.321 e. The second kappa shape index (κ2) is 10.8. The lowest BCUT2D eigenvalue weighted by molar-refractivity contribution is -0.122. The molecule has 1 aromatic carbocycles. The van der Waals surface area contributed by atoms with Crippen LogP contribution in [0.25, 0.3) is 0 Å². The van der Waals surface area contributed by atoms with Crippen LogP contribution in [0.3, 0.4) is 0 Å². The highest BCUT2D eigenvalue weighted by Gasteiger charge is 2.24. The van der Waals surface area contributed by atoms with E-state index in [1.54, 1.807) is 0 Å². The number of likely N-dealkylation sites (tertiary alicyclic amines) is 1. The number of anilines is 1. The molecule has 0 aromatic heterocycles. The number of carbonyl (C=O) groups excluding carboxylic acids is 2. The third-order valence-electron chi connectivity index (χ3n) is 5.05. The van der Waals surface area contributed by atoms with Crippen molar-refractivity contribution < 1.29 is 9.59 Å². The summed E-state index contributed by atoms with van der Waals surface area (Å²) in [6.45, 7) is 9.30. The molecule has 6 heteroatoms. The molecular formula is C20H32N4O2. The maximum Gasteiger partial charge on any atom is 0.321 e. The lowest BCUT2D eigenvalue weighted by Gasteiger charge is -2.31. The van der Waals surface area contributed by atoms with Crippen molar-refractivity contribution in [2.75, 3.05) is 44.6 Å². The third-order valence-corrected chi connectivity index (χ3v) is 5.05. The number of rotatable bonds is 8. The summed E-state index contributed by atoms with van der Waals surface area (Å²) in [5, 5.41) is 5.94. The van der Waals surface area contributed by atoms with Crippen LogP contribution in [-0.4, -0.2) is 61.0 Å². The Morgan fingerprint density at radius 3 is 2.38 bits per heavy atom. The minimum Gasteiger partial charge on any atom is -0.355 e. The van der Waals surface area contributed by atoms with Crippen LogP contribution in [0.2, 0.25) is 0 Å². The van der Waals surface area contributed by atoms with Crippen LogP contribution < -0.4 is 10.6 Å². The van der Waals surface area contributed by atoms with E-state index in [0.717, 1.165) is 38.2 Å². The van der Waals surface area contributed by atoms with Crippen LogP contribution in [-0.2, 0) is 4.79 Å². The normalized spacial score (nSPS) is 15.1. The van der Waals surface area contributed by atoms with E-state index in [4.69, 9.17) is 0 Å². The van der Waals surface area contributed by atoms with Gasteiger partial charge < -0.3 is 20.4 Å². The predicted octanol–water partition coefficient (Wildman–Crippen LogP) is 2.78. The molecule has 0 bridgehead atoms. The lowest BCUT2D eigenvalue weighted by atomic mass is 9.93. The molecule has 6 nitrogen and oxygen atoms in total. The van der Waals surface area contributed by atoms with Gasteiger partial charge in [0.25, 0.3) is 0 Å². The van der Waals surface area contributed by atoms with E-state index < -0.39 is 0 Å². The quantitative estimate of drug-likeness (QED) is 0.749. The largest absolute Gasteiger partial charge is 0.355 e. The van der Waals surface area contributed by atoms with Gasteiger partial charge in [0.15, 0.2) is 0 Å². The Morgan fingerprint density at radius 1 is 1.12 bits per heavy atom. The average molecular weight is 361 g/mol. The topological polar surface area (TPSA) is 64.7 Å². The Hall–Kier alpha value is -2.08. The summed E-state index contributed by atoms with van der Waals surface area (Å²) in [5.74, 6) is 0.494. The number of urea groups is 1. The summed E-state index contributed by atoms with van der Waals surface area (Å²) in [6, 6.07) is 9.44. The summed E-state index contributed by atoms with van der Waals surface area (Å²) < 4.78 is 0. The number of amides is 3. The summed E-state index contributed by atoms with van der Waals surface area (Å²) in [5.41, 5.74) is 0.812.